The molecule has 4 unspecified atom stereocenters. The van der Waals surface area contributed by atoms with Gasteiger partial charge >= 0.3 is 5.97 Å². The molecule has 0 rings (SSSR count). The second-order valence-electron chi connectivity index (χ2n) is 8.06. The summed E-state index contributed by atoms with van der Waals surface area (Å²) < 4.78 is 0. The zero-order chi connectivity index (χ0) is 26.4. The fraction of sp³-hybridized carbons (Fsp3) is 0.684. The zero-order valence-electron chi connectivity index (χ0n) is 19.3. The fourth-order valence-corrected chi connectivity index (χ4v) is 2.79. The lowest BCUT2D eigenvalue weighted by atomic mass is 10.0. The fourth-order valence-electron chi connectivity index (χ4n) is 2.79. The number of carbonyl (C=O) groups is 5. The number of hydrogen-bond donors (Lipinski definition) is 9. The van der Waals surface area contributed by atoms with Crippen molar-refractivity contribution in [2.45, 2.75) is 63.7 Å². The number of carboxylic acid groups (broad SMARTS) is 1. The predicted molar refractivity (Wildman–Crippen MR) is 122 cm³/mol. The predicted octanol–water partition coefficient (Wildman–Crippen LogP) is -4.18. The molecule has 0 bridgehead atoms. The summed E-state index contributed by atoms with van der Waals surface area (Å²) in [5.74, 6) is -4.90. The molecule has 0 aromatic rings. The quantitative estimate of drug-likeness (QED) is 0.0573. The van der Waals surface area contributed by atoms with Gasteiger partial charge in [-0.2, -0.15) is 0 Å². The van der Waals surface area contributed by atoms with Crippen LogP contribution in [0.15, 0.2) is 4.99 Å². The van der Waals surface area contributed by atoms with Crippen LogP contribution in [0.2, 0.25) is 0 Å². The first kappa shape index (κ1) is 30.5. The second kappa shape index (κ2) is 15.4. The minimum Gasteiger partial charge on any atom is -0.480 e. The van der Waals surface area contributed by atoms with Gasteiger partial charge in [0.15, 0.2) is 5.96 Å². The average Bonchev–Trinajstić information content (AvgIpc) is 2.71. The number of nitrogens with zero attached hydrogens (tertiary/aromatic N) is 1. The van der Waals surface area contributed by atoms with E-state index < -0.39 is 66.8 Å². The molecule has 0 aliphatic carbocycles. The molecule has 15 nitrogen and oxygen atoms in total. The zero-order valence-corrected chi connectivity index (χ0v) is 19.3. The maximum atomic E-state index is 12.8. The SMILES string of the molecule is CC(C)CC(NC(=O)C(CO)NC(=O)C(CCCN=C(N)N)NC(=O)C(N)CC(N)=O)C(=O)O. The van der Waals surface area contributed by atoms with Crippen molar-refractivity contribution in [2.24, 2.45) is 33.8 Å². The van der Waals surface area contributed by atoms with Crippen LogP contribution in [-0.4, -0.2) is 83.1 Å². The summed E-state index contributed by atoms with van der Waals surface area (Å²) in [7, 11) is 0. The van der Waals surface area contributed by atoms with E-state index in [0.29, 0.717) is 0 Å². The van der Waals surface area contributed by atoms with Crippen LogP contribution in [0.4, 0.5) is 0 Å². The maximum Gasteiger partial charge on any atom is 0.326 e. The minimum atomic E-state index is -1.49. The van der Waals surface area contributed by atoms with Gasteiger partial charge in [-0.25, -0.2) is 4.79 Å². The minimum absolute atomic E-state index is 0.0164. The van der Waals surface area contributed by atoms with E-state index in [-0.39, 0.29) is 37.7 Å². The molecule has 4 amide bonds. The highest BCUT2D eigenvalue weighted by Crippen LogP contribution is 2.06. The highest BCUT2D eigenvalue weighted by atomic mass is 16.4. The summed E-state index contributed by atoms with van der Waals surface area (Å²) >= 11 is 0. The molecule has 194 valence electrons. The first-order chi connectivity index (χ1) is 15.8. The number of rotatable bonds is 16. The maximum absolute atomic E-state index is 12.8. The number of carboxylic acids is 1. The lowest BCUT2D eigenvalue weighted by Gasteiger charge is -2.24. The number of nitrogens with two attached hydrogens (primary N) is 4. The average molecular weight is 489 g/mol. The summed E-state index contributed by atoms with van der Waals surface area (Å²) in [4.78, 5) is 63.6. The van der Waals surface area contributed by atoms with Crippen molar-refractivity contribution in [3.05, 3.63) is 0 Å². The summed E-state index contributed by atoms with van der Waals surface area (Å²) in [5.41, 5.74) is 21.1. The number of amides is 4. The Kier molecular flexibility index (Phi) is 13.8. The van der Waals surface area contributed by atoms with E-state index in [0.717, 1.165) is 0 Å². The molecule has 0 heterocycles. The van der Waals surface area contributed by atoms with E-state index in [9.17, 15) is 34.2 Å². The summed E-state index contributed by atoms with van der Waals surface area (Å²) in [5, 5.41) is 25.8. The number of guanidine groups is 1. The van der Waals surface area contributed by atoms with Gasteiger partial charge in [-0.3, -0.25) is 24.2 Å². The molecule has 4 atom stereocenters. The van der Waals surface area contributed by atoms with Crippen LogP contribution in [0.25, 0.3) is 0 Å². The lowest BCUT2D eigenvalue weighted by Crippen LogP contribution is -2.58. The van der Waals surface area contributed by atoms with Crippen molar-refractivity contribution in [1.29, 1.82) is 0 Å². The van der Waals surface area contributed by atoms with Gasteiger partial charge in [-0.15, -0.1) is 0 Å². The molecule has 13 N–H and O–H groups in total. The third-order valence-electron chi connectivity index (χ3n) is 4.47. The van der Waals surface area contributed by atoms with E-state index in [2.05, 4.69) is 20.9 Å². The number of aliphatic imine (C=N–C) groups is 1. The van der Waals surface area contributed by atoms with E-state index >= 15 is 0 Å². The Balaban J connectivity index is 5.37. The van der Waals surface area contributed by atoms with Gasteiger partial charge in [0.25, 0.3) is 0 Å². The molecule has 0 aromatic heterocycles. The number of aliphatic hydroxyl groups is 1. The summed E-state index contributed by atoms with van der Waals surface area (Å²) in [6.45, 7) is 2.84. The van der Waals surface area contributed by atoms with Crippen LogP contribution < -0.4 is 38.9 Å². The molecule has 0 aliphatic rings. The van der Waals surface area contributed by atoms with Crippen molar-refractivity contribution in [3.63, 3.8) is 0 Å². The van der Waals surface area contributed by atoms with Crippen molar-refractivity contribution in [3.8, 4) is 0 Å². The Morgan fingerprint density at radius 1 is 0.882 bits per heavy atom. The van der Waals surface area contributed by atoms with Crippen molar-refractivity contribution in [2.75, 3.05) is 13.2 Å². The molecule has 0 aromatic carbocycles. The summed E-state index contributed by atoms with van der Waals surface area (Å²) in [6.07, 6.45) is -0.0635. The molecule has 0 aliphatic heterocycles. The van der Waals surface area contributed by atoms with Crippen LogP contribution in [0, 0.1) is 5.92 Å². The highest BCUT2D eigenvalue weighted by molar-refractivity contribution is 5.95. The van der Waals surface area contributed by atoms with Gasteiger partial charge in [-0.05, 0) is 25.2 Å². The Labute approximate surface area is 197 Å². The number of aliphatic hydroxyl groups excluding tert-OH is 1. The summed E-state index contributed by atoms with van der Waals surface area (Å²) in [6, 6.07) is -5.25. The van der Waals surface area contributed by atoms with Crippen LogP contribution in [0.5, 0.6) is 0 Å². The molecule has 0 saturated heterocycles. The third kappa shape index (κ3) is 12.5. The van der Waals surface area contributed by atoms with Crippen LogP contribution >= 0.6 is 0 Å². The number of nitrogens with one attached hydrogen (secondary N) is 3. The standard InChI is InChI=1S/C19H36N8O7/c1-9(2)6-12(18(33)34)26-17(32)13(8-28)27-16(31)11(4-3-5-24-19(22)23)25-15(30)10(20)7-14(21)29/h9-13,28H,3-8,20H2,1-2H3,(H2,21,29)(H,25,30)(H,26,32)(H,27,31)(H,33,34)(H4,22,23,24). The molecule has 34 heavy (non-hydrogen) atoms. The molecule has 0 spiro atoms. The smallest absolute Gasteiger partial charge is 0.326 e. The molecule has 15 heteroatoms. The Morgan fingerprint density at radius 3 is 1.88 bits per heavy atom. The van der Waals surface area contributed by atoms with Crippen LogP contribution in [-0.2, 0) is 24.0 Å². The topological polar surface area (TPSA) is 278 Å². The molecular weight excluding hydrogens is 452 g/mol. The monoisotopic (exact) mass is 488 g/mol. The number of primary amides is 1. The molecule has 0 radical (unpaired) electrons. The first-order valence-corrected chi connectivity index (χ1v) is 10.6. The Bertz CT molecular complexity index is 755. The van der Waals surface area contributed by atoms with E-state index in [1.165, 1.54) is 0 Å². The van der Waals surface area contributed by atoms with Gasteiger partial charge in [-0.1, -0.05) is 13.8 Å². The third-order valence-corrected chi connectivity index (χ3v) is 4.47. The van der Waals surface area contributed by atoms with Crippen molar-refractivity contribution in [1.82, 2.24) is 16.0 Å². The van der Waals surface area contributed by atoms with E-state index in [4.69, 9.17) is 22.9 Å². The number of aliphatic carboxylic acids is 1. The van der Waals surface area contributed by atoms with E-state index in [1.807, 2.05) is 0 Å². The van der Waals surface area contributed by atoms with Gasteiger partial charge in [0.2, 0.25) is 23.6 Å². The van der Waals surface area contributed by atoms with Gasteiger partial charge in [0.05, 0.1) is 19.1 Å². The highest BCUT2D eigenvalue weighted by Gasteiger charge is 2.30. The van der Waals surface area contributed by atoms with Crippen LogP contribution in [0.1, 0.15) is 39.5 Å². The van der Waals surface area contributed by atoms with Crippen LogP contribution in [0.3, 0.4) is 0 Å². The second-order valence-corrected chi connectivity index (χ2v) is 8.06. The molecular formula is C19H36N8O7. The normalized spacial score (nSPS) is 14.3. The Morgan fingerprint density at radius 2 is 1.41 bits per heavy atom. The van der Waals surface area contributed by atoms with Gasteiger partial charge in [0, 0.05) is 6.54 Å². The first-order valence-electron chi connectivity index (χ1n) is 10.6. The van der Waals surface area contributed by atoms with Crippen molar-refractivity contribution >= 4 is 35.6 Å². The lowest BCUT2D eigenvalue weighted by molar-refractivity contribution is -0.143. The Hall–Kier alpha value is -3.46. The number of hydrogen-bond acceptors (Lipinski definition) is 8. The number of carbonyl (C=O) groups excluding carboxylic acids is 4. The molecule has 0 saturated carbocycles. The van der Waals surface area contributed by atoms with Crippen molar-refractivity contribution < 1.29 is 34.2 Å². The largest absolute Gasteiger partial charge is 0.480 e. The van der Waals surface area contributed by atoms with Gasteiger partial charge in [0.1, 0.15) is 18.1 Å². The molecule has 0 fully saturated rings. The van der Waals surface area contributed by atoms with Gasteiger partial charge < -0.3 is 49.1 Å². The van der Waals surface area contributed by atoms with E-state index in [1.54, 1.807) is 13.8 Å².